The fourth-order valence-electron chi connectivity index (χ4n) is 4.54. The molecule has 2 heterocycles. The van der Waals surface area contributed by atoms with Gasteiger partial charge in [0.25, 0.3) is 0 Å². The molecule has 2 atom stereocenters. The van der Waals surface area contributed by atoms with Crippen molar-refractivity contribution in [1.29, 1.82) is 0 Å². The molecule has 0 saturated heterocycles. The summed E-state index contributed by atoms with van der Waals surface area (Å²) in [5, 5.41) is 3.59. The van der Waals surface area contributed by atoms with Crippen molar-refractivity contribution in [2.75, 3.05) is 0 Å². The largest absolute Gasteiger partial charge is 0.352 e. The molecule has 34 heavy (non-hydrogen) atoms. The van der Waals surface area contributed by atoms with Crippen LogP contribution in [0.2, 0.25) is 5.02 Å². The number of carbonyl (C=O) groups is 2. The van der Waals surface area contributed by atoms with Gasteiger partial charge < -0.3 is 14.8 Å². The van der Waals surface area contributed by atoms with Crippen molar-refractivity contribution in [3.05, 3.63) is 101 Å². The molecule has 0 unspecified atom stereocenters. The summed E-state index contributed by atoms with van der Waals surface area (Å²) in [5.41, 5.74) is 3.68. The maximum Gasteiger partial charge on any atom is 0.247 e. The normalized spacial score (nSPS) is 17.6. The lowest BCUT2D eigenvalue weighted by Gasteiger charge is -2.38. The van der Waals surface area contributed by atoms with Crippen molar-refractivity contribution < 1.29 is 9.59 Å². The van der Waals surface area contributed by atoms with Gasteiger partial charge in [-0.1, -0.05) is 66.2 Å². The number of amides is 2. The molecule has 1 aliphatic heterocycles. The van der Waals surface area contributed by atoms with Gasteiger partial charge >= 0.3 is 0 Å². The quantitative estimate of drug-likeness (QED) is 0.427. The van der Waals surface area contributed by atoms with E-state index in [1.807, 2.05) is 83.1 Å². The van der Waals surface area contributed by atoms with Crippen LogP contribution in [0.25, 0.3) is 11.0 Å². The van der Waals surface area contributed by atoms with Gasteiger partial charge in [-0.15, -0.1) is 0 Å². The number of nitrogens with one attached hydrogen (secondary N) is 1. The lowest BCUT2D eigenvalue weighted by atomic mass is 10.0. The van der Waals surface area contributed by atoms with Gasteiger partial charge in [-0.3, -0.25) is 9.59 Å². The molecule has 0 saturated carbocycles. The fourth-order valence-corrected chi connectivity index (χ4v) is 4.67. The smallest absolute Gasteiger partial charge is 0.247 e. The van der Waals surface area contributed by atoms with Crippen LogP contribution in [0.5, 0.6) is 0 Å². The number of rotatable bonds is 6. The van der Waals surface area contributed by atoms with Crippen molar-refractivity contribution in [2.24, 2.45) is 0 Å². The van der Waals surface area contributed by atoms with Crippen LogP contribution in [0.4, 0.5) is 0 Å². The van der Waals surface area contributed by atoms with E-state index < -0.39 is 6.04 Å². The van der Waals surface area contributed by atoms with Gasteiger partial charge in [0.05, 0.1) is 23.5 Å². The number of aromatic nitrogens is 2. The minimum Gasteiger partial charge on any atom is -0.352 e. The number of para-hydroxylation sites is 2. The Bertz CT molecular complexity index is 1330. The van der Waals surface area contributed by atoms with E-state index in [0.717, 1.165) is 28.0 Å². The molecule has 7 heteroatoms. The number of carbonyl (C=O) groups excluding carboxylic acids is 2. The third-order valence-electron chi connectivity index (χ3n) is 6.32. The van der Waals surface area contributed by atoms with Gasteiger partial charge in [0.2, 0.25) is 11.8 Å². The molecule has 0 aliphatic carbocycles. The second-order valence-electron chi connectivity index (χ2n) is 8.58. The van der Waals surface area contributed by atoms with Crippen LogP contribution in [0.1, 0.15) is 42.4 Å². The molecule has 1 N–H and O–H groups in total. The first kappa shape index (κ1) is 22.2. The van der Waals surface area contributed by atoms with Gasteiger partial charge in [0.15, 0.2) is 0 Å². The van der Waals surface area contributed by atoms with Crippen LogP contribution in [0.3, 0.4) is 0 Å². The Morgan fingerprint density at radius 2 is 1.68 bits per heavy atom. The third-order valence-corrected chi connectivity index (χ3v) is 6.57. The summed E-state index contributed by atoms with van der Waals surface area (Å²) in [5.74, 6) is 0.534. The van der Waals surface area contributed by atoms with E-state index in [2.05, 4.69) is 5.32 Å². The molecule has 6 nitrogen and oxygen atoms in total. The molecule has 0 spiro atoms. The van der Waals surface area contributed by atoms with Crippen LogP contribution in [-0.4, -0.2) is 26.3 Å². The zero-order valence-electron chi connectivity index (χ0n) is 18.8. The zero-order chi connectivity index (χ0) is 23.7. The van der Waals surface area contributed by atoms with Gasteiger partial charge in [-0.2, -0.15) is 0 Å². The maximum absolute atomic E-state index is 13.8. The average molecular weight is 473 g/mol. The lowest BCUT2D eigenvalue weighted by molar-refractivity contribution is -0.142. The lowest BCUT2D eigenvalue weighted by Crippen LogP contribution is -2.46. The average Bonchev–Trinajstić information content (AvgIpc) is 3.24. The van der Waals surface area contributed by atoms with Crippen molar-refractivity contribution in [3.8, 4) is 0 Å². The number of nitrogens with zero attached hydrogens (tertiary/aromatic N) is 3. The van der Waals surface area contributed by atoms with E-state index in [1.165, 1.54) is 0 Å². The molecule has 0 fully saturated rings. The summed E-state index contributed by atoms with van der Waals surface area (Å²) < 4.78 is 1.95. The van der Waals surface area contributed by atoms with Gasteiger partial charge in [-0.05, 0) is 42.3 Å². The molecule has 1 aromatic heterocycles. The van der Waals surface area contributed by atoms with Crippen LogP contribution in [-0.2, 0) is 22.7 Å². The highest BCUT2D eigenvalue weighted by Gasteiger charge is 2.40. The van der Waals surface area contributed by atoms with Crippen LogP contribution < -0.4 is 5.32 Å². The Kier molecular flexibility index (Phi) is 6.07. The number of hydrogen-bond acceptors (Lipinski definition) is 3. The molecular weight excluding hydrogens is 448 g/mol. The SMILES string of the molecule is C[C@@H]1c2nc3ccccc3n2[C@@H](CC(=O)NCc2ccc(Cl)cc2)C(=O)N1Cc1ccccc1. The second kappa shape index (κ2) is 9.31. The highest BCUT2D eigenvalue weighted by Crippen LogP contribution is 2.37. The highest BCUT2D eigenvalue weighted by atomic mass is 35.5. The van der Waals surface area contributed by atoms with Crippen molar-refractivity contribution in [1.82, 2.24) is 19.8 Å². The van der Waals surface area contributed by atoms with Gasteiger partial charge in [0.1, 0.15) is 11.9 Å². The Balaban J connectivity index is 1.44. The minimum atomic E-state index is -0.660. The van der Waals surface area contributed by atoms with Gasteiger partial charge in [0, 0.05) is 18.1 Å². The van der Waals surface area contributed by atoms with Crippen molar-refractivity contribution >= 4 is 34.4 Å². The molecule has 2 amide bonds. The Hall–Kier alpha value is -3.64. The molecule has 0 radical (unpaired) electrons. The van der Waals surface area contributed by atoms with E-state index in [4.69, 9.17) is 16.6 Å². The Labute approximate surface area is 203 Å². The monoisotopic (exact) mass is 472 g/mol. The minimum absolute atomic E-state index is 0.0395. The van der Waals surface area contributed by atoms with Crippen molar-refractivity contribution in [2.45, 2.75) is 38.5 Å². The number of halogens is 1. The summed E-state index contributed by atoms with van der Waals surface area (Å²) in [7, 11) is 0. The van der Waals surface area contributed by atoms with Crippen LogP contribution in [0, 0.1) is 0 Å². The molecule has 4 aromatic rings. The van der Waals surface area contributed by atoms with E-state index in [9.17, 15) is 9.59 Å². The zero-order valence-corrected chi connectivity index (χ0v) is 19.6. The Morgan fingerprint density at radius 1 is 0.971 bits per heavy atom. The molecule has 5 rings (SSSR count). The molecule has 0 bridgehead atoms. The first-order valence-corrected chi connectivity index (χ1v) is 11.7. The van der Waals surface area contributed by atoms with Gasteiger partial charge in [-0.25, -0.2) is 4.98 Å². The predicted octanol–water partition coefficient (Wildman–Crippen LogP) is 5.04. The summed E-state index contributed by atoms with van der Waals surface area (Å²) in [6.45, 7) is 2.83. The summed E-state index contributed by atoms with van der Waals surface area (Å²) in [6, 6.07) is 24.1. The van der Waals surface area contributed by atoms with Crippen LogP contribution in [0.15, 0.2) is 78.9 Å². The summed E-state index contributed by atoms with van der Waals surface area (Å²) >= 11 is 5.95. The summed E-state index contributed by atoms with van der Waals surface area (Å²) in [6.07, 6.45) is 0.0395. The topological polar surface area (TPSA) is 67.2 Å². The molecular formula is C27H25ClN4O2. The third kappa shape index (κ3) is 4.29. The highest BCUT2D eigenvalue weighted by molar-refractivity contribution is 6.30. The Morgan fingerprint density at radius 3 is 2.44 bits per heavy atom. The van der Waals surface area contributed by atoms with E-state index >= 15 is 0 Å². The molecule has 172 valence electrons. The van der Waals surface area contributed by atoms with E-state index in [-0.39, 0.29) is 24.3 Å². The maximum atomic E-state index is 13.8. The first-order valence-electron chi connectivity index (χ1n) is 11.3. The standard InChI is InChI=1S/C27H25ClN4O2/c1-18-26-30-22-9-5-6-10-23(22)32(26)24(27(34)31(18)17-20-7-3-2-4-8-20)15-25(33)29-16-19-11-13-21(28)14-12-19/h2-14,18,24H,15-17H2,1H3,(H,29,33)/t18-,24+/m1/s1. The van der Waals surface area contributed by atoms with E-state index in [0.29, 0.717) is 18.1 Å². The molecule has 1 aliphatic rings. The van der Waals surface area contributed by atoms with Crippen LogP contribution >= 0.6 is 11.6 Å². The van der Waals surface area contributed by atoms with E-state index in [1.54, 1.807) is 12.1 Å². The summed E-state index contributed by atoms with van der Waals surface area (Å²) in [4.78, 5) is 33.4. The number of imidazole rings is 1. The number of benzene rings is 3. The second-order valence-corrected chi connectivity index (χ2v) is 9.02. The fraction of sp³-hybridized carbons (Fsp3) is 0.222. The predicted molar refractivity (Wildman–Crippen MR) is 132 cm³/mol. The first-order chi connectivity index (χ1) is 16.5. The van der Waals surface area contributed by atoms with Crippen molar-refractivity contribution in [3.63, 3.8) is 0 Å². The number of hydrogen-bond donors (Lipinski definition) is 1. The molecule has 3 aromatic carbocycles. The number of fused-ring (bicyclic) bond motifs is 3.